The van der Waals surface area contributed by atoms with Gasteiger partial charge in [-0.1, -0.05) is 19.8 Å². The number of amides is 1. The highest BCUT2D eigenvalue weighted by molar-refractivity contribution is 7.99. The number of hydrogen-bond acceptors (Lipinski definition) is 5. The van der Waals surface area contributed by atoms with Crippen LogP contribution < -0.4 is 14.8 Å². The van der Waals surface area contributed by atoms with Gasteiger partial charge in [-0.25, -0.2) is 4.79 Å². The maximum atomic E-state index is 11.9. The third-order valence-electron chi connectivity index (χ3n) is 3.59. The van der Waals surface area contributed by atoms with Crippen molar-refractivity contribution >= 4 is 23.6 Å². The normalized spacial score (nSPS) is 14.0. The maximum Gasteiger partial charge on any atom is 0.326 e. The average Bonchev–Trinajstić information content (AvgIpc) is 2.58. The van der Waals surface area contributed by atoms with Gasteiger partial charge in [0.25, 0.3) is 0 Å². The van der Waals surface area contributed by atoms with E-state index in [2.05, 4.69) is 5.32 Å². The average molecular weight is 353 g/mol. The van der Waals surface area contributed by atoms with Gasteiger partial charge < -0.3 is 19.9 Å². The Morgan fingerprint density at radius 3 is 2.75 bits per heavy atom. The van der Waals surface area contributed by atoms with E-state index in [1.54, 1.807) is 0 Å². The van der Waals surface area contributed by atoms with E-state index in [4.69, 9.17) is 14.6 Å². The number of nitrogens with one attached hydrogen (secondary N) is 1. The molecule has 0 unspecified atom stereocenters. The molecular weight excluding hydrogens is 330 g/mol. The maximum absolute atomic E-state index is 11.9. The van der Waals surface area contributed by atoms with E-state index in [-0.39, 0.29) is 12.3 Å². The zero-order valence-corrected chi connectivity index (χ0v) is 14.6. The summed E-state index contributed by atoms with van der Waals surface area (Å²) in [5.41, 5.74) is 0. The van der Waals surface area contributed by atoms with Crippen molar-refractivity contribution in [2.24, 2.45) is 0 Å². The van der Waals surface area contributed by atoms with Gasteiger partial charge in [0, 0.05) is 17.1 Å². The summed E-state index contributed by atoms with van der Waals surface area (Å²) in [5.74, 6) is 0.829. The predicted molar refractivity (Wildman–Crippen MR) is 91.9 cm³/mol. The standard InChI is InChI=1S/C17H23NO5S/c1-2-3-4-13(17(20)21)18-16(19)7-10-24-12-5-6-14-15(11-12)23-9-8-22-14/h5-6,11,13H,2-4,7-10H2,1H3,(H,18,19)(H,20,21)/t13-/m0/s1. The number of fused-ring (bicyclic) bond motifs is 1. The van der Waals surface area contributed by atoms with Crippen molar-refractivity contribution in [1.29, 1.82) is 0 Å². The fraction of sp³-hybridized carbons (Fsp3) is 0.529. The first-order valence-corrected chi connectivity index (χ1v) is 9.13. The van der Waals surface area contributed by atoms with Gasteiger partial charge in [0.1, 0.15) is 19.3 Å². The number of hydrogen-bond donors (Lipinski definition) is 2. The van der Waals surface area contributed by atoms with E-state index in [0.29, 0.717) is 25.4 Å². The van der Waals surface area contributed by atoms with Crippen molar-refractivity contribution in [3.8, 4) is 11.5 Å². The fourth-order valence-electron chi connectivity index (χ4n) is 2.31. The van der Waals surface area contributed by atoms with Crippen LogP contribution in [0.3, 0.4) is 0 Å². The molecule has 0 aliphatic carbocycles. The molecule has 7 heteroatoms. The van der Waals surface area contributed by atoms with Crippen LogP contribution in [0.1, 0.15) is 32.6 Å². The Morgan fingerprint density at radius 1 is 1.29 bits per heavy atom. The van der Waals surface area contributed by atoms with E-state index in [1.165, 1.54) is 11.8 Å². The highest BCUT2D eigenvalue weighted by atomic mass is 32.2. The Balaban J connectivity index is 1.76. The van der Waals surface area contributed by atoms with Crippen LogP contribution in [-0.4, -0.2) is 42.0 Å². The summed E-state index contributed by atoms with van der Waals surface area (Å²) < 4.78 is 11.0. The number of rotatable bonds is 9. The molecule has 1 aliphatic rings. The van der Waals surface area contributed by atoms with Crippen LogP contribution in [0.2, 0.25) is 0 Å². The molecule has 2 N–H and O–H groups in total. The van der Waals surface area contributed by atoms with Crippen LogP contribution in [0, 0.1) is 0 Å². The number of unbranched alkanes of at least 4 members (excludes halogenated alkanes) is 1. The first kappa shape index (κ1) is 18.4. The summed E-state index contributed by atoms with van der Waals surface area (Å²) in [6, 6.07) is 4.90. The summed E-state index contributed by atoms with van der Waals surface area (Å²) in [7, 11) is 0. The molecule has 1 aromatic rings. The van der Waals surface area contributed by atoms with Crippen LogP contribution >= 0.6 is 11.8 Å². The number of benzene rings is 1. The van der Waals surface area contributed by atoms with Crippen LogP contribution in [0.4, 0.5) is 0 Å². The number of thioether (sulfide) groups is 1. The Kier molecular flexibility index (Phi) is 7.24. The molecule has 0 bridgehead atoms. The van der Waals surface area contributed by atoms with E-state index in [0.717, 1.165) is 29.2 Å². The van der Waals surface area contributed by atoms with Crippen molar-refractivity contribution in [3.05, 3.63) is 18.2 Å². The van der Waals surface area contributed by atoms with E-state index < -0.39 is 12.0 Å². The molecule has 0 fully saturated rings. The molecule has 2 rings (SSSR count). The number of ether oxygens (including phenoxy) is 2. The van der Waals surface area contributed by atoms with Crippen molar-refractivity contribution < 1.29 is 24.2 Å². The van der Waals surface area contributed by atoms with Gasteiger partial charge in [0.15, 0.2) is 11.5 Å². The van der Waals surface area contributed by atoms with Crippen LogP contribution in [0.25, 0.3) is 0 Å². The largest absolute Gasteiger partial charge is 0.486 e. The van der Waals surface area contributed by atoms with Crippen LogP contribution in [0.15, 0.2) is 23.1 Å². The van der Waals surface area contributed by atoms with Crippen molar-refractivity contribution in [1.82, 2.24) is 5.32 Å². The Labute approximate surface area is 145 Å². The molecule has 0 aromatic heterocycles. The Bertz CT molecular complexity index is 578. The molecule has 0 saturated carbocycles. The van der Waals surface area contributed by atoms with Gasteiger partial charge in [-0.15, -0.1) is 11.8 Å². The molecule has 1 aromatic carbocycles. The molecule has 1 amide bonds. The summed E-state index contributed by atoms with van der Waals surface area (Å²) in [5, 5.41) is 11.7. The van der Waals surface area contributed by atoms with Crippen molar-refractivity contribution in [3.63, 3.8) is 0 Å². The lowest BCUT2D eigenvalue weighted by Crippen LogP contribution is -2.40. The molecule has 0 saturated heterocycles. The smallest absolute Gasteiger partial charge is 0.326 e. The minimum Gasteiger partial charge on any atom is -0.486 e. The third-order valence-corrected chi connectivity index (χ3v) is 4.59. The van der Waals surface area contributed by atoms with Crippen LogP contribution in [0.5, 0.6) is 11.5 Å². The highest BCUT2D eigenvalue weighted by Gasteiger charge is 2.19. The lowest BCUT2D eigenvalue weighted by molar-refractivity contribution is -0.142. The van der Waals surface area contributed by atoms with Gasteiger partial charge in [-0.05, 0) is 24.6 Å². The SMILES string of the molecule is CCCC[C@H](NC(=O)CCSc1ccc2c(c1)OCCO2)C(=O)O. The number of aliphatic carboxylic acids is 1. The third kappa shape index (κ3) is 5.63. The van der Waals surface area contributed by atoms with E-state index in [1.807, 2.05) is 25.1 Å². The lowest BCUT2D eigenvalue weighted by atomic mass is 10.1. The van der Waals surface area contributed by atoms with Gasteiger partial charge in [0.2, 0.25) is 5.91 Å². The van der Waals surface area contributed by atoms with Gasteiger partial charge in [-0.3, -0.25) is 4.79 Å². The first-order valence-electron chi connectivity index (χ1n) is 8.14. The molecule has 1 heterocycles. The lowest BCUT2D eigenvalue weighted by Gasteiger charge is -2.18. The Hall–Kier alpha value is -1.89. The summed E-state index contributed by atoms with van der Waals surface area (Å²) in [6.45, 7) is 3.09. The molecule has 0 spiro atoms. The monoisotopic (exact) mass is 353 g/mol. The number of carboxylic acid groups (broad SMARTS) is 1. The zero-order valence-electron chi connectivity index (χ0n) is 13.7. The Morgan fingerprint density at radius 2 is 2.04 bits per heavy atom. The molecule has 1 atom stereocenters. The second-order valence-electron chi connectivity index (χ2n) is 5.50. The summed E-state index contributed by atoms with van der Waals surface area (Å²) >= 11 is 1.53. The molecule has 6 nitrogen and oxygen atoms in total. The number of carbonyl (C=O) groups excluding carboxylic acids is 1. The first-order chi connectivity index (χ1) is 11.6. The van der Waals surface area contributed by atoms with Gasteiger partial charge in [0.05, 0.1) is 0 Å². The van der Waals surface area contributed by atoms with Crippen molar-refractivity contribution in [2.75, 3.05) is 19.0 Å². The molecular formula is C17H23NO5S. The quantitative estimate of drug-likeness (QED) is 0.664. The molecule has 132 valence electrons. The topological polar surface area (TPSA) is 84.9 Å². The van der Waals surface area contributed by atoms with E-state index in [9.17, 15) is 9.59 Å². The minimum absolute atomic E-state index is 0.233. The minimum atomic E-state index is -0.976. The number of carbonyl (C=O) groups is 2. The summed E-state index contributed by atoms with van der Waals surface area (Å²) in [6.07, 6.45) is 2.42. The zero-order chi connectivity index (χ0) is 17.4. The van der Waals surface area contributed by atoms with E-state index >= 15 is 0 Å². The highest BCUT2D eigenvalue weighted by Crippen LogP contribution is 2.34. The van der Waals surface area contributed by atoms with Crippen molar-refractivity contribution in [2.45, 2.75) is 43.5 Å². The predicted octanol–water partition coefficient (Wildman–Crippen LogP) is 2.70. The second kappa shape index (κ2) is 9.42. The number of carboxylic acids is 1. The van der Waals surface area contributed by atoms with Gasteiger partial charge >= 0.3 is 5.97 Å². The van der Waals surface area contributed by atoms with Gasteiger partial charge in [-0.2, -0.15) is 0 Å². The molecule has 1 aliphatic heterocycles. The summed E-state index contributed by atoms with van der Waals surface area (Å²) in [4.78, 5) is 24.0. The molecule has 0 radical (unpaired) electrons. The fourth-order valence-corrected chi connectivity index (χ4v) is 3.18. The second-order valence-corrected chi connectivity index (χ2v) is 6.67. The molecule has 24 heavy (non-hydrogen) atoms. The van der Waals surface area contributed by atoms with Crippen LogP contribution in [-0.2, 0) is 9.59 Å².